The van der Waals surface area contributed by atoms with Crippen LogP contribution in [0.4, 0.5) is 16.2 Å². The lowest BCUT2D eigenvalue weighted by molar-refractivity contribution is 0.102. The Morgan fingerprint density at radius 2 is 1.33 bits per heavy atom. The lowest BCUT2D eigenvalue weighted by Crippen LogP contribution is -2.31. The summed E-state index contributed by atoms with van der Waals surface area (Å²) in [6, 6.07) is 25.3. The smallest absolute Gasteiger partial charge is 0.319 e. The van der Waals surface area contributed by atoms with Crippen molar-refractivity contribution in [3.8, 4) is 0 Å². The highest BCUT2D eigenvalue weighted by molar-refractivity contribution is 6.04. The van der Waals surface area contributed by atoms with E-state index in [1.54, 1.807) is 36.4 Å². The molecular weight excluding hydrogens is 338 g/mol. The number of benzene rings is 3. The van der Waals surface area contributed by atoms with Crippen LogP contribution in [0.3, 0.4) is 0 Å². The number of amides is 3. The van der Waals surface area contributed by atoms with Gasteiger partial charge in [-0.3, -0.25) is 4.79 Å². The zero-order valence-corrected chi connectivity index (χ0v) is 15.0. The molecule has 1 unspecified atom stereocenters. The van der Waals surface area contributed by atoms with Crippen LogP contribution in [0.5, 0.6) is 0 Å². The monoisotopic (exact) mass is 359 g/mol. The fourth-order valence-corrected chi connectivity index (χ4v) is 2.66. The van der Waals surface area contributed by atoms with Crippen molar-refractivity contribution in [2.45, 2.75) is 13.0 Å². The van der Waals surface area contributed by atoms with Crippen molar-refractivity contribution in [3.05, 3.63) is 96.1 Å². The van der Waals surface area contributed by atoms with E-state index in [1.165, 1.54) is 0 Å². The van der Waals surface area contributed by atoms with E-state index in [4.69, 9.17) is 0 Å². The molecule has 0 aliphatic heterocycles. The summed E-state index contributed by atoms with van der Waals surface area (Å²) in [7, 11) is 0. The van der Waals surface area contributed by atoms with Crippen LogP contribution < -0.4 is 16.0 Å². The minimum absolute atomic E-state index is 0.118. The molecule has 5 nitrogen and oxygen atoms in total. The summed E-state index contributed by atoms with van der Waals surface area (Å²) in [6.45, 7) is 1.92. The van der Waals surface area contributed by atoms with Crippen LogP contribution in [-0.2, 0) is 0 Å². The van der Waals surface area contributed by atoms with Crippen molar-refractivity contribution >= 4 is 23.3 Å². The van der Waals surface area contributed by atoms with Gasteiger partial charge in [0, 0.05) is 16.9 Å². The van der Waals surface area contributed by atoms with Gasteiger partial charge in [-0.25, -0.2) is 4.79 Å². The molecule has 3 aromatic carbocycles. The first kappa shape index (κ1) is 18.2. The molecule has 3 amide bonds. The number of anilines is 2. The van der Waals surface area contributed by atoms with Gasteiger partial charge >= 0.3 is 6.03 Å². The third-order valence-electron chi connectivity index (χ3n) is 4.06. The summed E-state index contributed by atoms with van der Waals surface area (Å²) in [5.41, 5.74) is 2.80. The summed E-state index contributed by atoms with van der Waals surface area (Å²) in [4.78, 5) is 24.5. The van der Waals surface area contributed by atoms with E-state index >= 15 is 0 Å². The van der Waals surface area contributed by atoms with E-state index in [0.29, 0.717) is 16.9 Å². The average molecular weight is 359 g/mol. The van der Waals surface area contributed by atoms with Crippen molar-refractivity contribution in [3.63, 3.8) is 0 Å². The van der Waals surface area contributed by atoms with Crippen molar-refractivity contribution in [2.75, 3.05) is 10.6 Å². The summed E-state index contributed by atoms with van der Waals surface area (Å²) >= 11 is 0. The first-order valence-corrected chi connectivity index (χ1v) is 8.71. The number of hydrogen-bond acceptors (Lipinski definition) is 2. The molecule has 0 saturated carbocycles. The van der Waals surface area contributed by atoms with Gasteiger partial charge in [0.1, 0.15) is 0 Å². The van der Waals surface area contributed by atoms with Crippen LogP contribution in [-0.4, -0.2) is 11.9 Å². The normalized spacial score (nSPS) is 11.3. The van der Waals surface area contributed by atoms with Gasteiger partial charge in [0.15, 0.2) is 0 Å². The topological polar surface area (TPSA) is 70.2 Å². The standard InChI is InChI=1S/C22H21N3O2/c1-16(17-9-4-2-5-10-17)23-22(27)25-20-14-8-13-19(15-20)24-21(26)18-11-6-3-7-12-18/h2-16H,1H3,(H,24,26)(H2,23,25,27). The van der Waals surface area contributed by atoms with Crippen LogP contribution in [0.1, 0.15) is 28.9 Å². The molecule has 0 aliphatic rings. The molecule has 0 saturated heterocycles. The summed E-state index contributed by atoms with van der Waals surface area (Å²) in [5, 5.41) is 8.52. The number of hydrogen-bond donors (Lipinski definition) is 3. The Bertz CT molecular complexity index is 911. The predicted octanol–water partition coefficient (Wildman–Crippen LogP) is 4.82. The predicted molar refractivity (Wildman–Crippen MR) is 108 cm³/mol. The molecule has 0 radical (unpaired) electrons. The number of carbonyl (C=O) groups excluding carboxylic acids is 2. The molecule has 0 fully saturated rings. The molecule has 0 aromatic heterocycles. The molecule has 136 valence electrons. The van der Waals surface area contributed by atoms with E-state index in [1.807, 2.05) is 55.5 Å². The Balaban J connectivity index is 1.60. The second kappa shape index (κ2) is 8.67. The number of rotatable bonds is 5. The zero-order chi connectivity index (χ0) is 19.1. The zero-order valence-electron chi connectivity index (χ0n) is 15.0. The second-order valence-corrected chi connectivity index (χ2v) is 6.13. The van der Waals surface area contributed by atoms with Crippen molar-refractivity contribution in [1.29, 1.82) is 0 Å². The van der Waals surface area contributed by atoms with Gasteiger partial charge in [-0.15, -0.1) is 0 Å². The van der Waals surface area contributed by atoms with Crippen molar-refractivity contribution in [1.82, 2.24) is 5.32 Å². The second-order valence-electron chi connectivity index (χ2n) is 6.13. The lowest BCUT2D eigenvalue weighted by atomic mass is 10.1. The van der Waals surface area contributed by atoms with Crippen LogP contribution >= 0.6 is 0 Å². The van der Waals surface area contributed by atoms with Crippen LogP contribution in [0.2, 0.25) is 0 Å². The molecule has 0 spiro atoms. The quantitative estimate of drug-likeness (QED) is 0.611. The number of nitrogens with one attached hydrogen (secondary N) is 3. The van der Waals surface area contributed by atoms with Crippen LogP contribution in [0, 0.1) is 0 Å². The Labute approximate surface area is 158 Å². The van der Waals surface area contributed by atoms with Gasteiger partial charge in [-0.1, -0.05) is 54.6 Å². The van der Waals surface area contributed by atoms with E-state index in [2.05, 4.69) is 16.0 Å². The van der Waals surface area contributed by atoms with Gasteiger partial charge in [0.05, 0.1) is 6.04 Å². The Kier molecular flexibility index (Phi) is 5.84. The molecule has 27 heavy (non-hydrogen) atoms. The van der Waals surface area contributed by atoms with E-state index < -0.39 is 0 Å². The van der Waals surface area contributed by atoms with E-state index in [0.717, 1.165) is 5.56 Å². The largest absolute Gasteiger partial charge is 0.331 e. The maximum Gasteiger partial charge on any atom is 0.319 e. The number of urea groups is 1. The highest BCUT2D eigenvalue weighted by Crippen LogP contribution is 2.17. The maximum atomic E-state index is 12.2. The van der Waals surface area contributed by atoms with E-state index in [9.17, 15) is 9.59 Å². The highest BCUT2D eigenvalue weighted by atomic mass is 16.2. The third-order valence-corrected chi connectivity index (χ3v) is 4.06. The molecule has 3 aromatic rings. The SMILES string of the molecule is CC(NC(=O)Nc1cccc(NC(=O)c2ccccc2)c1)c1ccccc1. The van der Waals surface area contributed by atoms with Gasteiger partial charge in [-0.2, -0.15) is 0 Å². The molecule has 0 bridgehead atoms. The first-order chi connectivity index (χ1) is 13.1. The highest BCUT2D eigenvalue weighted by Gasteiger charge is 2.10. The van der Waals surface area contributed by atoms with Crippen molar-refractivity contribution < 1.29 is 9.59 Å². The van der Waals surface area contributed by atoms with Gasteiger partial charge < -0.3 is 16.0 Å². The fourth-order valence-electron chi connectivity index (χ4n) is 2.66. The Morgan fingerprint density at radius 1 is 0.741 bits per heavy atom. The summed E-state index contributed by atoms with van der Waals surface area (Å²) in [5.74, 6) is -0.199. The molecule has 3 N–H and O–H groups in total. The van der Waals surface area contributed by atoms with Gasteiger partial charge in [0.2, 0.25) is 0 Å². The van der Waals surface area contributed by atoms with Gasteiger partial charge in [-0.05, 0) is 42.8 Å². The average Bonchev–Trinajstić information content (AvgIpc) is 2.69. The van der Waals surface area contributed by atoms with Crippen LogP contribution in [0.15, 0.2) is 84.9 Å². The Hall–Kier alpha value is -3.60. The summed E-state index contributed by atoms with van der Waals surface area (Å²) < 4.78 is 0. The van der Waals surface area contributed by atoms with Gasteiger partial charge in [0.25, 0.3) is 5.91 Å². The van der Waals surface area contributed by atoms with E-state index in [-0.39, 0.29) is 18.0 Å². The molecular formula is C22H21N3O2. The first-order valence-electron chi connectivity index (χ1n) is 8.71. The minimum atomic E-state index is -0.308. The van der Waals surface area contributed by atoms with Crippen LogP contribution in [0.25, 0.3) is 0 Å². The molecule has 0 heterocycles. The molecule has 0 aliphatic carbocycles. The third kappa shape index (κ3) is 5.19. The molecule has 1 atom stereocenters. The lowest BCUT2D eigenvalue weighted by Gasteiger charge is -2.15. The fraction of sp³-hybridized carbons (Fsp3) is 0.0909. The summed E-state index contributed by atoms with van der Waals surface area (Å²) in [6.07, 6.45) is 0. The minimum Gasteiger partial charge on any atom is -0.331 e. The Morgan fingerprint density at radius 3 is 2.00 bits per heavy atom. The maximum absolute atomic E-state index is 12.2. The molecule has 3 rings (SSSR count). The van der Waals surface area contributed by atoms with Crippen molar-refractivity contribution in [2.24, 2.45) is 0 Å². The molecule has 5 heteroatoms. The number of carbonyl (C=O) groups is 2.